The quantitative estimate of drug-likeness (QED) is 0.550. The van der Waals surface area contributed by atoms with E-state index in [1.807, 2.05) is 6.92 Å². The highest BCUT2D eigenvalue weighted by atomic mass is 35.5. The third-order valence-corrected chi connectivity index (χ3v) is 4.55. The fraction of sp³-hybridized carbons (Fsp3) is 0.300. The van der Waals surface area contributed by atoms with Gasteiger partial charge < -0.3 is 16.2 Å². The number of halogens is 3. The van der Waals surface area contributed by atoms with E-state index >= 15 is 4.39 Å². The number of hydrogen-bond acceptors (Lipinski definition) is 4. The molecule has 0 saturated heterocycles. The number of carbonyl (C=O) groups is 2. The Balaban J connectivity index is 0.00000392. The van der Waals surface area contributed by atoms with Crippen LogP contribution in [0.5, 0.6) is 5.75 Å². The molecule has 2 rings (SSSR count). The van der Waals surface area contributed by atoms with E-state index < -0.39 is 23.5 Å². The highest BCUT2D eigenvalue weighted by molar-refractivity contribution is 6.35. The first-order valence-electron chi connectivity index (χ1n) is 8.60. The smallest absolute Gasteiger partial charge is 0.218 e. The summed E-state index contributed by atoms with van der Waals surface area (Å²) in [5.41, 5.74) is 5.37. The Morgan fingerprint density at radius 2 is 1.96 bits per heavy atom. The average Bonchev–Trinajstić information content (AvgIpc) is 2.59. The van der Waals surface area contributed by atoms with Gasteiger partial charge in [0.15, 0.2) is 5.78 Å². The molecule has 0 aliphatic carbocycles. The van der Waals surface area contributed by atoms with Gasteiger partial charge in [0.25, 0.3) is 0 Å². The molecule has 0 heterocycles. The molecular weight excluding hydrogens is 406 g/mol. The number of ketones is 1. The summed E-state index contributed by atoms with van der Waals surface area (Å²) in [6.45, 7) is 3.64. The van der Waals surface area contributed by atoms with E-state index in [4.69, 9.17) is 17.3 Å². The molecule has 0 aliphatic rings. The maximum absolute atomic E-state index is 15.2. The van der Waals surface area contributed by atoms with Crippen molar-refractivity contribution in [3.8, 4) is 5.75 Å². The van der Waals surface area contributed by atoms with Crippen molar-refractivity contribution < 1.29 is 19.1 Å². The molecule has 2 aromatic rings. The lowest BCUT2D eigenvalue weighted by atomic mass is 9.95. The lowest BCUT2D eigenvalue weighted by Crippen LogP contribution is -2.34. The topological polar surface area (TPSA) is 92.4 Å². The zero-order valence-electron chi connectivity index (χ0n) is 15.5. The molecule has 0 aromatic heterocycles. The highest BCUT2D eigenvalue weighted by Gasteiger charge is 2.25. The summed E-state index contributed by atoms with van der Waals surface area (Å²) >= 11 is 6.10. The van der Waals surface area contributed by atoms with Crippen molar-refractivity contribution in [2.24, 2.45) is 5.73 Å². The van der Waals surface area contributed by atoms with Crippen LogP contribution in [0.1, 0.15) is 54.2 Å². The van der Waals surface area contributed by atoms with Gasteiger partial charge in [0.2, 0.25) is 5.91 Å². The summed E-state index contributed by atoms with van der Waals surface area (Å²) in [6, 6.07) is 7.97. The van der Waals surface area contributed by atoms with E-state index in [0.29, 0.717) is 6.42 Å². The number of phenolic OH excluding ortho intramolecular Hbond substituents is 1. The van der Waals surface area contributed by atoms with Crippen LogP contribution < -0.4 is 11.1 Å². The molecule has 0 radical (unpaired) electrons. The van der Waals surface area contributed by atoms with E-state index in [9.17, 15) is 14.7 Å². The molecule has 0 fully saturated rings. The maximum Gasteiger partial charge on any atom is 0.218 e. The number of hydrogen-bond donors (Lipinski definition) is 3. The van der Waals surface area contributed by atoms with Crippen LogP contribution in [0.15, 0.2) is 36.4 Å². The molecule has 152 valence electrons. The second-order valence-electron chi connectivity index (χ2n) is 6.40. The van der Waals surface area contributed by atoms with Crippen molar-refractivity contribution in [3.05, 3.63) is 63.9 Å². The Morgan fingerprint density at radius 1 is 1.29 bits per heavy atom. The first-order chi connectivity index (χ1) is 12.7. The highest BCUT2D eigenvalue weighted by Crippen LogP contribution is 2.30. The monoisotopic (exact) mass is 428 g/mol. The van der Waals surface area contributed by atoms with Crippen LogP contribution in [0, 0.1) is 5.82 Å². The van der Waals surface area contributed by atoms with Crippen LogP contribution in [-0.2, 0) is 4.79 Å². The van der Waals surface area contributed by atoms with Gasteiger partial charge in [-0.05, 0) is 31.5 Å². The number of primary amides is 1. The van der Waals surface area contributed by atoms with Gasteiger partial charge in [-0.25, -0.2) is 4.39 Å². The lowest BCUT2D eigenvalue weighted by Gasteiger charge is -2.23. The number of aromatic hydroxyl groups is 1. The molecule has 0 spiro atoms. The Hall–Kier alpha value is -2.15. The summed E-state index contributed by atoms with van der Waals surface area (Å²) in [6.07, 6.45) is 0.641. The van der Waals surface area contributed by atoms with Crippen LogP contribution in [0.4, 0.5) is 4.39 Å². The SMILES string of the molecule is CC[C@@H](N[C@H](C)CC(N)=O)c1ccc(Cl)c(C(=O)c2cccc(O)c2)c1F.Cl. The third-order valence-electron chi connectivity index (χ3n) is 4.23. The van der Waals surface area contributed by atoms with Crippen LogP contribution >= 0.6 is 24.0 Å². The zero-order valence-corrected chi connectivity index (χ0v) is 17.1. The molecule has 5 nitrogen and oxygen atoms in total. The van der Waals surface area contributed by atoms with Crippen molar-refractivity contribution in [1.29, 1.82) is 0 Å². The van der Waals surface area contributed by atoms with Gasteiger partial charge in [-0.15, -0.1) is 12.4 Å². The molecule has 8 heteroatoms. The van der Waals surface area contributed by atoms with Gasteiger partial charge in [0, 0.05) is 29.6 Å². The predicted octanol–water partition coefficient (Wildman–Crippen LogP) is 4.14. The van der Waals surface area contributed by atoms with Gasteiger partial charge in [0.05, 0.1) is 10.6 Å². The molecule has 0 aliphatic heterocycles. The number of nitrogens with one attached hydrogen (secondary N) is 1. The van der Waals surface area contributed by atoms with Crippen molar-refractivity contribution in [2.75, 3.05) is 0 Å². The van der Waals surface area contributed by atoms with Gasteiger partial charge in [-0.1, -0.05) is 36.7 Å². The second-order valence-corrected chi connectivity index (χ2v) is 6.81. The standard InChI is InChI=1S/C20H22ClFN2O3.ClH/c1-3-16(24-11(2)9-17(23)26)14-7-8-15(21)18(19(14)22)20(27)12-5-4-6-13(25)10-12;/h4-8,10-11,16,24-25H,3,9H2,1-2H3,(H2,23,26);1H/t11-,16-;/m1./s1. The van der Waals surface area contributed by atoms with E-state index in [-0.39, 0.29) is 52.3 Å². The van der Waals surface area contributed by atoms with Crippen molar-refractivity contribution in [3.63, 3.8) is 0 Å². The Bertz CT molecular complexity index is 861. The summed E-state index contributed by atoms with van der Waals surface area (Å²) in [4.78, 5) is 23.8. The molecule has 4 N–H and O–H groups in total. The van der Waals surface area contributed by atoms with E-state index in [2.05, 4.69) is 5.32 Å². The van der Waals surface area contributed by atoms with Crippen molar-refractivity contribution in [1.82, 2.24) is 5.32 Å². The van der Waals surface area contributed by atoms with Gasteiger partial charge in [-0.2, -0.15) is 0 Å². The van der Waals surface area contributed by atoms with Crippen LogP contribution in [0.3, 0.4) is 0 Å². The minimum absolute atomic E-state index is 0. The molecular formula is C20H23Cl2FN2O3. The Morgan fingerprint density at radius 3 is 2.54 bits per heavy atom. The normalized spacial score (nSPS) is 12.7. The van der Waals surface area contributed by atoms with Crippen LogP contribution in [0.25, 0.3) is 0 Å². The second kappa shape index (κ2) is 10.4. The third kappa shape index (κ3) is 5.67. The molecule has 1 amide bonds. The molecule has 0 saturated carbocycles. The fourth-order valence-corrected chi connectivity index (χ4v) is 3.20. The largest absolute Gasteiger partial charge is 0.508 e. The number of phenols is 1. The number of carbonyl (C=O) groups excluding carboxylic acids is 2. The Labute approximate surface area is 174 Å². The first kappa shape index (κ1) is 23.9. The fourth-order valence-electron chi connectivity index (χ4n) is 2.97. The summed E-state index contributed by atoms with van der Waals surface area (Å²) < 4.78 is 15.2. The number of benzene rings is 2. The maximum atomic E-state index is 15.2. The molecule has 2 aromatic carbocycles. The van der Waals surface area contributed by atoms with Crippen LogP contribution in [0.2, 0.25) is 5.02 Å². The zero-order chi connectivity index (χ0) is 20.1. The van der Waals surface area contributed by atoms with Gasteiger partial charge in [-0.3, -0.25) is 9.59 Å². The predicted molar refractivity (Wildman–Crippen MR) is 110 cm³/mol. The van der Waals surface area contributed by atoms with E-state index in [1.165, 1.54) is 36.4 Å². The van der Waals surface area contributed by atoms with E-state index in [1.54, 1.807) is 6.92 Å². The van der Waals surface area contributed by atoms with Gasteiger partial charge in [0.1, 0.15) is 11.6 Å². The van der Waals surface area contributed by atoms with Crippen molar-refractivity contribution >= 4 is 35.7 Å². The first-order valence-corrected chi connectivity index (χ1v) is 8.98. The molecule has 2 atom stereocenters. The molecule has 0 bridgehead atoms. The summed E-state index contributed by atoms with van der Waals surface area (Å²) in [5, 5.41) is 12.7. The summed E-state index contributed by atoms with van der Waals surface area (Å²) in [7, 11) is 0. The minimum Gasteiger partial charge on any atom is -0.508 e. The van der Waals surface area contributed by atoms with E-state index in [0.717, 1.165) is 0 Å². The molecule has 0 unspecified atom stereocenters. The molecule has 28 heavy (non-hydrogen) atoms. The minimum atomic E-state index is -0.721. The average molecular weight is 429 g/mol. The van der Waals surface area contributed by atoms with Crippen molar-refractivity contribution in [2.45, 2.75) is 38.8 Å². The summed E-state index contributed by atoms with van der Waals surface area (Å²) in [5.74, 6) is -1.89. The Kier molecular flexibility index (Phi) is 8.88. The lowest BCUT2D eigenvalue weighted by molar-refractivity contribution is -0.118. The number of amides is 1. The number of rotatable bonds is 8. The van der Waals surface area contributed by atoms with Gasteiger partial charge >= 0.3 is 0 Å². The van der Waals surface area contributed by atoms with Crippen LogP contribution in [-0.4, -0.2) is 22.8 Å². The number of nitrogens with two attached hydrogens (primary N) is 1.